The highest BCUT2D eigenvalue weighted by Crippen LogP contribution is 2.52. The van der Waals surface area contributed by atoms with Gasteiger partial charge in [0.25, 0.3) is 0 Å². The highest BCUT2D eigenvalue weighted by atomic mass is 31.2. The van der Waals surface area contributed by atoms with Crippen LogP contribution in [0.5, 0.6) is 11.5 Å². The minimum atomic E-state index is -3.70. The zero-order chi connectivity index (χ0) is 15.2. The van der Waals surface area contributed by atoms with E-state index in [1.807, 2.05) is 0 Å². The Balaban J connectivity index is 3.18. The van der Waals surface area contributed by atoms with Crippen LogP contribution in [0.1, 0.15) is 29.8 Å². The number of phosphoric ester groups is 1. The average Bonchev–Trinajstić information content (AvgIpc) is 2.41. The van der Waals surface area contributed by atoms with Gasteiger partial charge >= 0.3 is 7.82 Å². The van der Waals surface area contributed by atoms with Crippen molar-refractivity contribution in [3.05, 3.63) is 23.3 Å². The number of rotatable bonds is 8. The fourth-order valence-corrected chi connectivity index (χ4v) is 2.89. The molecule has 0 saturated heterocycles. The minimum absolute atomic E-state index is 0.186. The van der Waals surface area contributed by atoms with Crippen molar-refractivity contribution in [2.24, 2.45) is 0 Å². The van der Waals surface area contributed by atoms with E-state index in [0.717, 1.165) is 0 Å². The fourth-order valence-electron chi connectivity index (χ4n) is 1.62. The Kier molecular flexibility index (Phi) is 6.20. The third kappa shape index (κ3) is 4.07. The van der Waals surface area contributed by atoms with Crippen molar-refractivity contribution in [3.63, 3.8) is 0 Å². The van der Waals surface area contributed by atoms with Crippen LogP contribution in [0.2, 0.25) is 0 Å². The lowest BCUT2D eigenvalue weighted by atomic mass is 10.1. The molecule has 1 aromatic rings. The number of hydrogen-bond donors (Lipinski definition) is 0. The lowest BCUT2D eigenvalue weighted by Crippen LogP contribution is -2.04. The van der Waals surface area contributed by atoms with Gasteiger partial charge in [0.2, 0.25) is 0 Å². The van der Waals surface area contributed by atoms with E-state index in [-0.39, 0.29) is 19.0 Å². The molecule has 0 aromatic heterocycles. The van der Waals surface area contributed by atoms with Crippen LogP contribution in [-0.2, 0) is 13.6 Å². The maximum absolute atomic E-state index is 12.4. The SMILES string of the molecule is CCOP(=O)(OCC)Oc1c(C)cc(C=O)cc1OC. The molecule has 0 aliphatic rings. The summed E-state index contributed by atoms with van der Waals surface area (Å²) in [7, 11) is -2.27. The van der Waals surface area contributed by atoms with Gasteiger partial charge in [-0.25, -0.2) is 4.57 Å². The van der Waals surface area contributed by atoms with Crippen molar-refractivity contribution < 1.29 is 27.7 Å². The highest BCUT2D eigenvalue weighted by molar-refractivity contribution is 7.48. The number of phosphoric acid groups is 1. The summed E-state index contributed by atoms with van der Waals surface area (Å²) in [5.41, 5.74) is 1.04. The molecule has 1 aromatic carbocycles. The normalized spacial score (nSPS) is 11.2. The van der Waals surface area contributed by atoms with Gasteiger partial charge in [0.15, 0.2) is 11.5 Å². The van der Waals surface area contributed by atoms with Crippen molar-refractivity contribution in [2.45, 2.75) is 20.8 Å². The maximum Gasteiger partial charge on any atom is 0.530 e. The van der Waals surface area contributed by atoms with E-state index in [4.69, 9.17) is 18.3 Å². The monoisotopic (exact) mass is 302 g/mol. The summed E-state index contributed by atoms with van der Waals surface area (Å²) >= 11 is 0. The van der Waals surface area contributed by atoms with Crippen LogP contribution in [0.15, 0.2) is 12.1 Å². The first-order valence-corrected chi connectivity index (χ1v) is 7.68. The van der Waals surface area contributed by atoms with Gasteiger partial charge in [-0.1, -0.05) is 0 Å². The Morgan fingerprint density at radius 2 is 1.80 bits per heavy atom. The molecule has 0 spiro atoms. The molecule has 0 radical (unpaired) electrons. The Hall–Kier alpha value is -1.36. The predicted octanol–water partition coefficient (Wildman–Crippen LogP) is 3.38. The molecule has 0 unspecified atom stereocenters. The Morgan fingerprint density at radius 3 is 2.25 bits per heavy atom. The van der Waals surface area contributed by atoms with Gasteiger partial charge in [0.1, 0.15) is 6.29 Å². The van der Waals surface area contributed by atoms with Gasteiger partial charge in [-0.3, -0.25) is 13.8 Å². The van der Waals surface area contributed by atoms with Gasteiger partial charge in [0.05, 0.1) is 20.3 Å². The van der Waals surface area contributed by atoms with Crippen molar-refractivity contribution in [2.75, 3.05) is 20.3 Å². The van der Waals surface area contributed by atoms with E-state index in [1.165, 1.54) is 13.2 Å². The first-order valence-electron chi connectivity index (χ1n) is 6.22. The number of carbonyl (C=O) groups excluding carboxylic acids is 1. The fraction of sp³-hybridized carbons (Fsp3) is 0.462. The zero-order valence-corrected chi connectivity index (χ0v) is 12.9. The van der Waals surface area contributed by atoms with Crippen molar-refractivity contribution in [1.29, 1.82) is 0 Å². The topological polar surface area (TPSA) is 71.1 Å². The van der Waals surface area contributed by atoms with Crippen LogP contribution in [0.3, 0.4) is 0 Å². The van der Waals surface area contributed by atoms with E-state index < -0.39 is 7.82 Å². The zero-order valence-electron chi connectivity index (χ0n) is 12.0. The Bertz CT molecular complexity index is 504. The molecule has 0 aliphatic heterocycles. The van der Waals surface area contributed by atoms with Crippen LogP contribution >= 0.6 is 7.82 Å². The van der Waals surface area contributed by atoms with Gasteiger partial charge < -0.3 is 9.26 Å². The summed E-state index contributed by atoms with van der Waals surface area (Å²) in [5, 5.41) is 0. The third-order valence-corrected chi connectivity index (χ3v) is 3.95. The first-order chi connectivity index (χ1) is 9.49. The molecule has 0 atom stereocenters. The molecule has 112 valence electrons. The lowest BCUT2D eigenvalue weighted by molar-refractivity contribution is 0.112. The molecule has 6 nitrogen and oxygen atoms in total. The summed E-state index contributed by atoms with van der Waals surface area (Å²) in [6, 6.07) is 3.10. The summed E-state index contributed by atoms with van der Waals surface area (Å²) < 4.78 is 33.1. The van der Waals surface area contributed by atoms with Crippen molar-refractivity contribution >= 4 is 14.1 Å². The largest absolute Gasteiger partial charge is 0.530 e. The van der Waals surface area contributed by atoms with Crippen molar-refractivity contribution in [1.82, 2.24) is 0 Å². The molecule has 0 heterocycles. The van der Waals surface area contributed by atoms with E-state index >= 15 is 0 Å². The van der Waals surface area contributed by atoms with Crippen LogP contribution in [-0.4, -0.2) is 26.6 Å². The number of aldehydes is 1. The van der Waals surface area contributed by atoms with E-state index in [9.17, 15) is 9.36 Å². The number of carbonyl (C=O) groups is 1. The Labute approximate surface area is 118 Å². The van der Waals surface area contributed by atoms with Gasteiger partial charge in [-0.05, 0) is 38.5 Å². The molecular formula is C13H19O6P. The van der Waals surface area contributed by atoms with E-state index in [0.29, 0.717) is 23.2 Å². The van der Waals surface area contributed by atoms with Crippen LogP contribution < -0.4 is 9.26 Å². The molecule has 1 rings (SSSR count). The van der Waals surface area contributed by atoms with Gasteiger partial charge in [-0.2, -0.15) is 0 Å². The summed E-state index contributed by atoms with van der Waals surface area (Å²) in [6.45, 7) is 5.46. The second kappa shape index (κ2) is 7.43. The van der Waals surface area contributed by atoms with Gasteiger partial charge in [0, 0.05) is 5.56 Å². The number of hydrogen-bond acceptors (Lipinski definition) is 6. The van der Waals surface area contributed by atoms with Crippen LogP contribution in [0.25, 0.3) is 0 Å². The molecule has 20 heavy (non-hydrogen) atoms. The number of methoxy groups -OCH3 is 1. The van der Waals surface area contributed by atoms with Crippen LogP contribution in [0, 0.1) is 6.92 Å². The van der Waals surface area contributed by atoms with E-state index in [2.05, 4.69) is 0 Å². The third-order valence-electron chi connectivity index (χ3n) is 2.40. The van der Waals surface area contributed by atoms with Crippen LogP contribution in [0.4, 0.5) is 0 Å². The highest BCUT2D eigenvalue weighted by Gasteiger charge is 2.29. The second-order valence-corrected chi connectivity index (χ2v) is 5.45. The summed E-state index contributed by atoms with van der Waals surface area (Å²) in [5.74, 6) is 0.537. The number of aryl methyl sites for hydroxylation is 1. The molecule has 7 heteroatoms. The van der Waals surface area contributed by atoms with Crippen molar-refractivity contribution in [3.8, 4) is 11.5 Å². The molecular weight excluding hydrogens is 283 g/mol. The number of benzene rings is 1. The average molecular weight is 302 g/mol. The van der Waals surface area contributed by atoms with Gasteiger partial charge in [-0.15, -0.1) is 0 Å². The smallest absolute Gasteiger partial charge is 0.493 e. The first kappa shape index (κ1) is 16.7. The minimum Gasteiger partial charge on any atom is -0.493 e. The second-order valence-electron chi connectivity index (χ2n) is 3.86. The summed E-state index contributed by atoms with van der Waals surface area (Å²) in [4.78, 5) is 10.8. The molecule has 0 N–H and O–H groups in total. The molecule has 0 amide bonds. The predicted molar refractivity (Wildman–Crippen MR) is 74.6 cm³/mol. The molecule has 0 fully saturated rings. The molecule has 0 saturated carbocycles. The standard InChI is InChI=1S/C13H19O6P/c1-5-17-20(15,18-6-2)19-13-10(3)7-11(9-14)8-12(13)16-4/h7-9H,5-6H2,1-4H3. The number of ether oxygens (including phenoxy) is 1. The van der Waals surface area contributed by atoms with E-state index in [1.54, 1.807) is 26.8 Å². The Morgan fingerprint density at radius 1 is 1.20 bits per heavy atom. The lowest BCUT2D eigenvalue weighted by Gasteiger charge is -2.20. The molecule has 0 aliphatic carbocycles. The quantitative estimate of drug-likeness (QED) is 0.541. The molecule has 0 bridgehead atoms. The maximum atomic E-state index is 12.4. The summed E-state index contributed by atoms with van der Waals surface area (Å²) in [6.07, 6.45) is 0.698.